The topological polar surface area (TPSA) is 114 Å². The van der Waals surface area contributed by atoms with E-state index in [0.29, 0.717) is 11.3 Å². The molecule has 1 heterocycles. The third-order valence-electron chi connectivity index (χ3n) is 5.09. The first-order valence-corrected chi connectivity index (χ1v) is 13.8. The van der Waals surface area contributed by atoms with Crippen LogP contribution in [0.5, 0.6) is 5.75 Å². The Morgan fingerprint density at radius 3 is 2.25 bits per heavy atom. The van der Waals surface area contributed by atoms with Crippen LogP contribution in [-0.4, -0.2) is 37.0 Å². The van der Waals surface area contributed by atoms with Gasteiger partial charge in [0.1, 0.15) is 11.8 Å². The van der Waals surface area contributed by atoms with Gasteiger partial charge in [-0.25, -0.2) is 4.79 Å². The summed E-state index contributed by atoms with van der Waals surface area (Å²) in [7, 11) is 0.128. The summed E-state index contributed by atoms with van der Waals surface area (Å²) >= 11 is 0. The molecule has 0 aliphatic carbocycles. The van der Waals surface area contributed by atoms with Crippen molar-refractivity contribution in [1.29, 1.82) is 0 Å². The van der Waals surface area contributed by atoms with Crippen LogP contribution in [0.4, 0.5) is 0 Å². The van der Waals surface area contributed by atoms with Gasteiger partial charge in [-0.15, -0.1) is 0 Å². The van der Waals surface area contributed by atoms with Crippen molar-refractivity contribution >= 4 is 25.0 Å². The van der Waals surface area contributed by atoms with E-state index in [4.69, 9.17) is 4.74 Å². The number of benzene rings is 2. The van der Waals surface area contributed by atoms with Gasteiger partial charge in [0.25, 0.3) is 0 Å². The zero-order valence-electron chi connectivity index (χ0n) is 18.6. The maximum atomic E-state index is 13.2. The molecule has 0 radical (unpaired) electrons. The van der Waals surface area contributed by atoms with Crippen molar-refractivity contribution in [3.05, 3.63) is 76.0 Å². The Bertz CT molecular complexity index is 1130. The molecular formula is C23H27N3O5Si. The second-order valence-corrected chi connectivity index (χ2v) is 13.7. The van der Waals surface area contributed by atoms with Gasteiger partial charge in [-0.1, -0.05) is 66.4 Å². The highest BCUT2D eigenvalue weighted by molar-refractivity contribution is 6.88. The lowest BCUT2D eigenvalue weighted by Gasteiger charge is -2.19. The molecule has 1 amide bonds. The third kappa shape index (κ3) is 6.04. The number of ether oxygens (including phenoxy) is 1. The summed E-state index contributed by atoms with van der Waals surface area (Å²) in [5.41, 5.74) is 1.52. The lowest BCUT2D eigenvalue weighted by atomic mass is 9.97. The third-order valence-corrected chi connectivity index (χ3v) is 7.15. The minimum absolute atomic E-state index is 0.0929. The first-order valence-electron chi connectivity index (χ1n) is 10.3. The molecule has 0 aliphatic rings. The number of carbonyl (C=O) groups excluding carboxylic acids is 2. The van der Waals surface area contributed by atoms with Crippen LogP contribution in [0.2, 0.25) is 19.6 Å². The normalized spacial score (nSPS) is 12.2. The van der Waals surface area contributed by atoms with Gasteiger partial charge < -0.3 is 10.1 Å². The van der Waals surface area contributed by atoms with Gasteiger partial charge >= 0.3 is 5.76 Å². The van der Waals surface area contributed by atoms with Crippen LogP contribution in [0.25, 0.3) is 0 Å². The average molecular weight is 454 g/mol. The largest absolute Gasteiger partial charge is 0.497 e. The Balaban J connectivity index is 1.79. The molecule has 168 valence electrons. The molecule has 2 N–H and O–H groups in total. The number of Topliss-reactive ketones (excluding diaryl/α,β-unsaturated/α-hetero) is 1. The van der Waals surface area contributed by atoms with E-state index in [1.54, 1.807) is 31.4 Å². The monoisotopic (exact) mass is 453 g/mol. The van der Waals surface area contributed by atoms with Crippen molar-refractivity contribution in [1.82, 2.24) is 15.5 Å². The number of nitrogens with one attached hydrogen (secondary N) is 2. The van der Waals surface area contributed by atoms with Crippen molar-refractivity contribution in [2.75, 3.05) is 7.11 Å². The number of hydrogen-bond acceptors (Lipinski definition) is 6. The van der Waals surface area contributed by atoms with Crippen molar-refractivity contribution in [3.8, 4) is 5.75 Å². The highest BCUT2D eigenvalue weighted by Gasteiger charge is 2.24. The maximum Gasteiger partial charge on any atom is 0.438 e. The fraction of sp³-hybridized carbons (Fsp3) is 0.304. The molecule has 3 rings (SSSR count). The van der Waals surface area contributed by atoms with Crippen LogP contribution in [0.1, 0.15) is 23.0 Å². The first kappa shape index (κ1) is 23.2. The molecule has 0 saturated heterocycles. The molecule has 0 aliphatic heterocycles. The molecular weight excluding hydrogens is 426 g/mol. The average Bonchev–Trinajstić information content (AvgIpc) is 3.16. The molecule has 8 nitrogen and oxygen atoms in total. The zero-order valence-corrected chi connectivity index (χ0v) is 19.6. The molecule has 1 atom stereocenters. The van der Waals surface area contributed by atoms with Crippen LogP contribution in [0, 0.1) is 0 Å². The number of carbonyl (C=O) groups is 2. The van der Waals surface area contributed by atoms with Gasteiger partial charge in [0.05, 0.1) is 21.6 Å². The smallest absolute Gasteiger partial charge is 0.438 e. The number of amides is 1. The number of H-pyrrole nitrogens is 1. The number of rotatable bonds is 9. The summed E-state index contributed by atoms with van der Waals surface area (Å²) in [5, 5.41) is 7.57. The van der Waals surface area contributed by atoms with E-state index in [9.17, 15) is 14.4 Å². The molecule has 0 spiro atoms. The van der Waals surface area contributed by atoms with Crippen LogP contribution >= 0.6 is 0 Å². The van der Waals surface area contributed by atoms with Gasteiger partial charge in [-0.3, -0.25) is 19.1 Å². The second kappa shape index (κ2) is 9.78. The van der Waals surface area contributed by atoms with Gasteiger partial charge in [0.2, 0.25) is 5.91 Å². The summed E-state index contributed by atoms with van der Waals surface area (Å²) in [6, 6.07) is 14.2. The SMILES string of the molecule is COc1ccc(C(NC(=O)Cc2noc(=O)[nH]2)C(=O)Cc2ccc([Si](C)(C)C)cc2)cc1. The molecule has 3 aromatic rings. The molecule has 32 heavy (non-hydrogen) atoms. The van der Waals surface area contributed by atoms with Gasteiger partial charge in [0.15, 0.2) is 11.6 Å². The number of ketones is 1. The summed E-state index contributed by atoms with van der Waals surface area (Å²) < 4.78 is 9.61. The number of nitrogens with zero attached hydrogens (tertiary/aromatic N) is 1. The highest BCUT2D eigenvalue weighted by Crippen LogP contribution is 2.20. The van der Waals surface area contributed by atoms with Gasteiger partial charge in [-0.05, 0) is 23.3 Å². The Kier molecular flexibility index (Phi) is 7.09. The van der Waals surface area contributed by atoms with Crippen molar-refractivity contribution in [2.45, 2.75) is 38.5 Å². The minimum Gasteiger partial charge on any atom is -0.497 e. The Hall–Kier alpha value is -3.46. The lowest BCUT2D eigenvalue weighted by molar-refractivity contribution is -0.127. The predicted molar refractivity (Wildman–Crippen MR) is 123 cm³/mol. The van der Waals surface area contributed by atoms with E-state index in [1.807, 2.05) is 12.1 Å². The van der Waals surface area contributed by atoms with Gasteiger partial charge in [0, 0.05) is 6.42 Å². The van der Waals surface area contributed by atoms with Crippen molar-refractivity contribution in [2.24, 2.45) is 0 Å². The zero-order chi connectivity index (χ0) is 23.3. The summed E-state index contributed by atoms with van der Waals surface area (Å²) in [4.78, 5) is 39.2. The summed E-state index contributed by atoms with van der Waals surface area (Å²) in [6.45, 7) is 6.81. The number of aromatic nitrogens is 2. The summed E-state index contributed by atoms with van der Waals surface area (Å²) in [6.07, 6.45) is -0.0413. The van der Waals surface area contributed by atoms with Crippen LogP contribution in [-0.2, 0) is 22.4 Å². The van der Waals surface area contributed by atoms with E-state index in [1.165, 1.54) is 5.19 Å². The fourth-order valence-electron chi connectivity index (χ4n) is 3.27. The lowest BCUT2D eigenvalue weighted by Crippen LogP contribution is -2.37. The highest BCUT2D eigenvalue weighted by atomic mass is 28.3. The van der Waals surface area contributed by atoms with E-state index in [-0.39, 0.29) is 24.4 Å². The molecule has 0 fully saturated rings. The number of methoxy groups -OCH3 is 1. The van der Waals surface area contributed by atoms with Crippen LogP contribution in [0.15, 0.2) is 57.8 Å². The molecule has 2 aromatic carbocycles. The molecule has 0 bridgehead atoms. The first-order chi connectivity index (χ1) is 15.2. The second-order valence-electron chi connectivity index (χ2n) is 8.58. The van der Waals surface area contributed by atoms with E-state index in [0.717, 1.165) is 5.56 Å². The molecule has 9 heteroatoms. The predicted octanol–water partition coefficient (Wildman–Crippen LogP) is 2.13. The molecule has 1 aromatic heterocycles. The van der Waals surface area contributed by atoms with E-state index in [2.05, 4.69) is 51.8 Å². The fourth-order valence-corrected chi connectivity index (χ4v) is 4.44. The van der Waals surface area contributed by atoms with Crippen LogP contribution < -0.4 is 21.0 Å². The standard InChI is InChI=1S/C23H27N3O5Si/c1-30-17-9-7-16(8-10-17)22(25-21(28)14-20-24-23(29)31-26-20)19(27)13-15-5-11-18(12-6-15)32(2,3)4/h5-12,22H,13-14H2,1-4H3,(H,25,28)(H,24,26,29). The Labute approximate surface area is 187 Å². The Morgan fingerprint density at radius 2 is 1.72 bits per heavy atom. The minimum atomic E-state index is -1.43. The quantitative estimate of drug-likeness (QED) is 0.480. The van der Waals surface area contributed by atoms with E-state index < -0.39 is 25.8 Å². The van der Waals surface area contributed by atoms with Crippen LogP contribution in [0.3, 0.4) is 0 Å². The number of aromatic amines is 1. The molecule has 0 saturated carbocycles. The Morgan fingerprint density at radius 1 is 1.06 bits per heavy atom. The molecule has 1 unspecified atom stereocenters. The van der Waals surface area contributed by atoms with E-state index >= 15 is 0 Å². The number of hydrogen-bond donors (Lipinski definition) is 2. The maximum absolute atomic E-state index is 13.2. The van der Waals surface area contributed by atoms with Crippen molar-refractivity contribution in [3.63, 3.8) is 0 Å². The van der Waals surface area contributed by atoms with Gasteiger partial charge in [-0.2, -0.15) is 0 Å². The summed E-state index contributed by atoms with van der Waals surface area (Å²) in [5.74, 6) is -0.614. The van der Waals surface area contributed by atoms with Crippen molar-refractivity contribution < 1.29 is 18.8 Å².